The molecule has 0 unspecified atom stereocenters. The molecule has 2 N–H and O–H groups in total. The van der Waals surface area contributed by atoms with Crippen molar-refractivity contribution >= 4 is 15.9 Å². The van der Waals surface area contributed by atoms with Crippen LogP contribution in [0.1, 0.15) is 25.1 Å². The van der Waals surface area contributed by atoms with Gasteiger partial charge in [-0.15, -0.1) is 0 Å². The Morgan fingerprint density at radius 1 is 1.33 bits per heavy atom. The van der Waals surface area contributed by atoms with Crippen LogP contribution in [0.5, 0.6) is 0 Å². The zero-order valence-electron chi connectivity index (χ0n) is 12.5. The molecule has 1 aromatic heterocycles. The van der Waals surface area contributed by atoms with E-state index in [1.54, 1.807) is 6.07 Å². The number of hydrogen-bond donors (Lipinski definition) is 2. The molecule has 0 saturated heterocycles. The highest BCUT2D eigenvalue weighted by Gasteiger charge is 2.06. The zero-order chi connectivity index (χ0) is 15.4. The summed E-state index contributed by atoms with van der Waals surface area (Å²) in [6.45, 7) is 7.82. The van der Waals surface area contributed by atoms with Crippen molar-refractivity contribution in [2.75, 3.05) is 6.54 Å². The van der Waals surface area contributed by atoms with Crippen molar-refractivity contribution in [3.8, 4) is 11.4 Å². The van der Waals surface area contributed by atoms with Gasteiger partial charge in [0, 0.05) is 22.6 Å². The lowest BCUT2D eigenvalue weighted by atomic mass is 10.1. The third kappa shape index (κ3) is 4.51. The molecule has 0 saturated carbocycles. The van der Waals surface area contributed by atoms with Crippen LogP contribution >= 0.6 is 15.9 Å². The van der Waals surface area contributed by atoms with E-state index >= 15 is 0 Å². The van der Waals surface area contributed by atoms with E-state index in [-0.39, 0.29) is 5.56 Å². The summed E-state index contributed by atoms with van der Waals surface area (Å²) in [5.41, 5.74) is 2.68. The maximum absolute atomic E-state index is 11.8. The van der Waals surface area contributed by atoms with Crippen LogP contribution < -0.4 is 10.9 Å². The number of H-pyrrole nitrogens is 1. The highest BCUT2D eigenvalue weighted by atomic mass is 79.9. The Morgan fingerprint density at radius 2 is 2.10 bits per heavy atom. The van der Waals surface area contributed by atoms with Gasteiger partial charge in [0.05, 0.1) is 5.69 Å². The van der Waals surface area contributed by atoms with Gasteiger partial charge in [-0.1, -0.05) is 41.9 Å². The molecule has 1 heterocycles. The van der Waals surface area contributed by atoms with Crippen LogP contribution in [0.25, 0.3) is 11.4 Å². The van der Waals surface area contributed by atoms with Crippen molar-refractivity contribution < 1.29 is 0 Å². The molecule has 0 aliphatic rings. The van der Waals surface area contributed by atoms with E-state index < -0.39 is 0 Å². The predicted octanol–water partition coefficient (Wildman–Crippen LogP) is 3.25. The van der Waals surface area contributed by atoms with Crippen molar-refractivity contribution in [3.63, 3.8) is 0 Å². The number of benzene rings is 1. The minimum Gasteiger partial charge on any atom is -0.311 e. The highest BCUT2D eigenvalue weighted by Crippen LogP contribution is 2.22. The smallest absolute Gasteiger partial charge is 0.251 e. The van der Waals surface area contributed by atoms with Crippen LogP contribution in [-0.2, 0) is 6.54 Å². The molecule has 1 aromatic carbocycles. The van der Waals surface area contributed by atoms with Crippen molar-refractivity contribution in [2.24, 2.45) is 5.92 Å². The van der Waals surface area contributed by atoms with E-state index in [1.165, 1.54) is 0 Å². The Kier molecular flexibility index (Phi) is 5.31. The van der Waals surface area contributed by atoms with E-state index in [0.29, 0.717) is 18.3 Å². The summed E-state index contributed by atoms with van der Waals surface area (Å²) in [5.74, 6) is 1.17. The lowest BCUT2D eigenvalue weighted by Crippen LogP contribution is -2.21. The Balaban J connectivity index is 2.25. The minimum absolute atomic E-state index is 0.127. The van der Waals surface area contributed by atoms with Gasteiger partial charge in [-0.05, 0) is 31.0 Å². The predicted molar refractivity (Wildman–Crippen MR) is 89.3 cm³/mol. The van der Waals surface area contributed by atoms with Crippen LogP contribution in [0.4, 0.5) is 0 Å². The van der Waals surface area contributed by atoms with Crippen molar-refractivity contribution in [2.45, 2.75) is 27.3 Å². The molecule has 0 fully saturated rings. The summed E-state index contributed by atoms with van der Waals surface area (Å²) in [7, 11) is 0. The molecule has 0 spiro atoms. The number of rotatable bonds is 5. The first-order valence-electron chi connectivity index (χ1n) is 7.03. The van der Waals surface area contributed by atoms with Crippen molar-refractivity contribution in [3.05, 3.63) is 50.3 Å². The topological polar surface area (TPSA) is 57.8 Å². The maximum Gasteiger partial charge on any atom is 0.251 e. The molecule has 5 heteroatoms. The molecule has 0 atom stereocenters. The first-order valence-corrected chi connectivity index (χ1v) is 7.82. The SMILES string of the molecule is Cc1ccc(-c2nc(CNCC(C)C)cc(=O)[nH]2)cc1Br. The molecule has 0 radical (unpaired) electrons. The molecule has 2 rings (SSSR count). The third-order valence-electron chi connectivity index (χ3n) is 3.10. The number of nitrogens with one attached hydrogen (secondary N) is 2. The second kappa shape index (κ2) is 7.00. The summed E-state index contributed by atoms with van der Waals surface area (Å²) in [6, 6.07) is 7.48. The van der Waals surface area contributed by atoms with Gasteiger partial charge in [0.2, 0.25) is 0 Å². The van der Waals surface area contributed by atoms with E-state index in [4.69, 9.17) is 0 Å². The van der Waals surface area contributed by atoms with Gasteiger partial charge < -0.3 is 10.3 Å². The van der Waals surface area contributed by atoms with Crippen molar-refractivity contribution in [1.82, 2.24) is 15.3 Å². The van der Waals surface area contributed by atoms with E-state index in [9.17, 15) is 4.79 Å². The minimum atomic E-state index is -0.127. The normalized spacial score (nSPS) is 11.1. The Labute approximate surface area is 133 Å². The first-order chi connectivity index (χ1) is 9.95. The van der Waals surface area contributed by atoms with E-state index in [0.717, 1.165) is 27.8 Å². The number of hydrogen-bond acceptors (Lipinski definition) is 3. The second-order valence-electron chi connectivity index (χ2n) is 5.57. The quantitative estimate of drug-likeness (QED) is 0.870. The Bertz CT molecular complexity index is 679. The van der Waals surface area contributed by atoms with Crippen LogP contribution in [0.2, 0.25) is 0 Å². The lowest BCUT2D eigenvalue weighted by molar-refractivity contribution is 0.548. The summed E-state index contributed by atoms with van der Waals surface area (Å²) >= 11 is 3.51. The van der Waals surface area contributed by atoms with Gasteiger partial charge >= 0.3 is 0 Å². The fourth-order valence-corrected chi connectivity index (χ4v) is 2.34. The Morgan fingerprint density at radius 3 is 2.76 bits per heavy atom. The molecular formula is C16H20BrN3O. The van der Waals surface area contributed by atoms with Crippen molar-refractivity contribution in [1.29, 1.82) is 0 Å². The third-order valence-corrected chi connectivity index (χ3v) is 3.95. The second-order valence-corrected chi connectivity index (χ2v) is 6.43. The number of aromatic nitrogens is 2. The average Bonchev–Trinajstić information content (AvgIpc) is 2.41. The van der Waals surface area contributed by atoms with Crippen LogP contribution in [-0.4, -0.2) is 16.5 Å². The molecular weight excluding hydrogens is 330 g/mol. The first kappa shape index (κ1) is 15.9. The molecule has 4 nitrogen and oxygen atoms in total. The van der Waals surface area contributed by atoms with Gasteiger partial charge in [-0.25, -0.2) is 4.98 Å². The number of aromatic amines is 1. The molecule has 0 amide bonds. The average molecular weight is 350 g/mol. The fraction of sp³-hybridized carbons (Fsp3) is 0.375. The molecule has 112 valence electrons. The van der Waals surface area contributed by atoms with Gasteiger partial charge in [-0.2, -0.15) is 0 Å². The van der Waals surface area contributed by atoms with Gasteiger partial charge in [0.1, 0.15) is 5.82 Å². The number of nitrogens with zero attached hydrogens (tertiary/aromatic N) is 1. The monoisotopic (exact) mass is 349 g/mol. The Hall–Kier alpha value is -1.46. The fourth-order valence-electron chi connectivity index (χ4n) is 1.96. The van der Waals surface area contributed by atoms with E-state index in [1.807, 2.05) is 25.1 Å². The van der Waals surface area contributed by atoms with Gasteiger partial charge in [-0.3, -0.25) is 4.79 Å². The van der Waals surface area contributed by atoms with Gasteiger partial charge in [0.15, 0.2) is 0 Å². The van der Waals surface area contributed by atoms with Gasteiger partial charge in [0.25, 0.3) is 5.56 Å². The van der Waals surface area contributed by atoms with Crippen LogP contribution in [0.3, 0.4) is 0 Å². The molecule has 0 aliphatic heterocycles. The number of aryl methyl sites for hydroxylation is 1. The molecule has 0 bridgehead atoms. The summed E-state index contributed by atoms with van der Waals surface area (Å²) in [5, 5.41) is 3.30. The standard InChI is InChI=1S/C16H20BrN3O/c1-10(2)8-18-9-13-7-15(21)20-16(19-13)12-5-4-11(3)14(17)6-12/h4-7,10,18H,8-9H2,1-3H3,(H,19,20,21). The van der Waals surface area contributed by atoms with Crippen LogP contribution in [0.15, 0.2) is 33.5 Å². The lowest BCUT2D eigenvalue weighted by Gasteiger charge is -2.08. The highest BCUT2D eigenvalue weighted by molar-refractivity contribution is 9.10. The van der Waals surface area contributed by atoms with E-state index in [2.05, 4.69) is 45.1 Å². The summed E-state index contributed by atoms with van der Waals surface area (Å²) in [6.07, 6.45) is 0. The largest absolute Gasteiger partial charge is 0.311 e. The maximum atomic E-state index is 11.8. The summed E-state index contributed by atoms with van der Waals surface area (Å²) < 4.78 is 1.01. The molecule has 21 heavy (non-hydrogen) atoms. The van der Waals surface area contributed by atoms with Crippen LogP contribution in [0, 0.1) is 12.8 Å². The summed E-state index contributed by atoms with van der Waals surface area (Å²) in [4.78, 5) is 19.1. The molecule has 2 aromatic rings. The molecule has 0 aliphatic carbocycles. The zero-order valence-corrected chi connectivity index (χ0v) is 14.1. The number of halogens is 1.